The first-order valence-electron chi connectivity index (χ1n) is 6.40. The summed E-state index contributed by atoms with van der Waals surface area (Å²) in [6.45, 7) is 9.96. The minimum absolute atomic E-state index is 0.346. The van der Waals surface area contributed by atoms with Crippen molar-refractivity contribution in [3.8, 4) is 0 Å². The van der Waals surface area contributed by atoms with Crippen LogP contribution in [0.3, 0.4) is 0 Å². The van der Waals surface area contributed by atoms with Gasteiger partial charge in [-0.25, -0.2) is 0 Å². The third-order valence-corrected chi connectivity index (χ3v) is 4.05. The van der Waals surface area contributed by atoms with E-state index in [2.05, 4.69) is 25.7 Å². The molecule has 1 saturated heterocycles. The minimum atomic E-state index is -0.368. The Bertz CT molecular complexity index is 203. The third-order valence-electron chi connectivity index (χ3n) is 3.69. The molecule has 0 aromatic rings. The minimum Gasteiger partial charge on any atom is -0.391 e. The second kappa shape index (κ2) is 6.23. The SMILES string of the molecule is CC(C)(C)C1CCCN(CC(O)CCl)CC1. The van der Waals surface area contributed by atoms with E-state index >= 15 is 0 Å². The van der Waals surface area contributed by atoms with Gasteiger partial charge in [-0.2, -0.15) is 0 Å². The Labute approximate surface area is 105 Å². The molecule has 0 amide bonds. The van der Waals surface area contributed by atoms with Crippen molar-refractivity contribution in [3.63, 3.8) is 0 Å². The lowest BCUT2D eigenvalue weighted by atomic mass is 9.77. The van der Waals surface area contributed by atoms with Gasteiger partial charge in [0, 0.05) is 12.4 Å². The number of aliphatic hydroxyl groups is 1. The fourth-order valence-corrected chi connectivity index (χ4v) is 2.65. The van der Waals surface area contributed by atoms with Gasteiger partial charge in [-0.15, -0.1) is 11.6 Å². The second-order valence-corrected chi connectivity index (χ2v) is 6.41. The maximum absolute atomic E-state index is 9.55. The van der Waals surface area contributed by atoms with Crippen LogP contribution in [0.5, 0.6) is 0 Å². The highest BCUT2D eigenvalue weighted by Crippen LogP contribution is 2.34. The fourth-order valence-electron chi connectivity index (χ4n) is 2.55. The summed E-state index contributed by atoms with van der Waals surface area (Å²) < 4.78 is 0. The van der Waals surface area contributed by atoms with Gasteiger partial charge >= 0.3 is 0 Å². The first kappa shape index (κ1) is 14.3. The molecule has 0 bridgehead atoms. The van der Waals surface area contributed by atoms with E-state index in [1.165, 1.54) is 19.3 Å². The molecular formula is C13H26ClNO. The predicted molar refractivity (Wildman–Crippen MR) is 70.0 cm³/mol. The number of likely N-dealkylation sites (tertiary alicyclic amines) is 1. The van der Waals surface area contributed by atoms with Crippen molar-refractivity contribution >= 4 is 11.6 Å². The number of alkyl halides is 1. The monoisotopic (exact) mass is 247 g/mol. The number of aliphatic hydroxyl groups excluding tert-OH is 1. The van der Waals surface area contributed by atoms with Crippen LogP contribution in [0.25, 0.3) is 0 Å². The van der Waals surface area contributed by atoms with Gasteiger partial charge in [0.05, 0.1) is 6.10 Å². The summed E-state index contributed by atoms with van der Waals surface area (Å²) in [4.78, 5) is 2.36. The summed E-state index contributed by atoms with van der Waals surface area (Å²) in [7, 11) is 0. The molecule has 2 nitrogen and oxygen atoms in total. The number of rotatable bonds is 3. The van der Waals surface area contributed by atoms with Crippen LogP contribution >= 0.6 is 11.6 Å². The molecular weight excluding hydrogens is 222 g/mol. The average molecular weight is 248 g/mol. The Morgan fingerprint density at radius 2 is 2.00 bits per heavy atom. The van der Waals surface area contributed by atoms with Gasteiger partial charge in [0.25, 0.3) is 0 Å². The van der Waals surface area contributed by atoms with Crippen LogP contribution in [0, 0.1) is 11.3 Å². The number of hydrogen-bond donors (Lipinski definition) is 1. The Kier molecular flexibility index (Phi) is 5.55. The zero-order chi connectivity index (χ0) is 12.2. The van der Waals surface area contributed by atoms with Gasteiger partial charge in [0.2, 0.25) is 0 Å². The van der Waals surface area contributed by atoms with E-state index in [0.29, 0.717) is 11.3 Å². The molecule has 0 aromatic carbocycles. The molecule has 0 spiro atoms. The zero-order valence-electron chi connectivity index (χ0n) is 10.9. The van der Waals surface area contributed by atoms with Crippen LogP contribution in [0.2, 0.25) is 0 Å². The highest BCUT2D eigenvalue weighted by Gasteiger charge is 2.27. The van der Waals surface area contributed by atoms with Gasteiger partial charge in [0.1, 0.15) is 0 Å². The van der Waals surface area contributed by atoms with Crippen molar-refractivity contribution in [1.29, 1.82) is 0 Å². The van der Waals surface area contributed by atoms with Gasteiger partial charge in [-0.05, 0) is 43.7 Å². The normalized spacial score (nSPS) is 26.4. The smallest absolute Gasteiger partial charge is 0.0802 e. The molecule has 0 radical (unpaired) electrons. The first-order chi connectivity index (χ1) is 7.43. The average Bonchev–Trinajstić information content (AvgIpc) is 2.42. The molecule has 3 heteroatoms. The summed E-state index contributed by atoms with van der Waals surface area (Å²) in [6.07, 6.45) is 3.44. The van der Waals surface area contributed by atoms with Crippen molar-refractivity contribution in [2.45, 2.75) is 46.1 Å². The van der Waals surface area contributed by atoms with E-state index in [1.54, 1.807) is 0 Å². The molecule has 16 heavy (non-hydrogen) atoms. The van der Waals surface area contributed by atoms with Crippen molar-refractivity contribution in [1.82, 2.24) is 4.90 Å². The molecule has 0 aromatic heterocycles. The maximum atomic E-state index is 9.55. The molecule has 1 N–H and O–H groups in total. The van der Waals surface area contributed by atoms with Gasteiger partial charge in [-0.1, -0.05) is 20.8 Å². The number of nitrogens with zero attached hydrogens (tertiary/aromatic N) is 1. The molecule has 1 fully saturated rings. The van der Waals surface area contributed by atoms with E-state index in [9.17, 15) is 5.11 Å². The lowest BCUT2D eigenvalue weighted by Gasteiger charge is -2.30. The van der Waals surface area contributed by atoms with Crippen molar-refractivity contribution in [2.75, 3.05) is 25.5 Å². The highest BCUT2D eigenvalue weighted by molar-refractivity contribution is 6.18. The highest BCUT2D eigenvalue weighted by atomic mass is 35.5. The second-order valence-electron chi connectivity index (χ2n) is 6.10. The lowest BCUT2D eigenvalue weighted by molar-refractivity contribution is 0.128. The molecule has 0 saturated carbocycles. The predicted octanol–water partition coefficient (Wildman–Crippen LogP) is 2.73. The summed E-state index contributed by atoms with van der Waals surface area (Å²) in [5.74, 6) is 1.16. The van der Waals surface area contributed by atoms with Crippen molar-refractivity contribution in [3.05, 3.63) is 0 Å². The molecule has 0 aliphatic carbocycles. The number of hydrogen-bond acceptors (Lipinski definition) is 2. The topological polar surface area (TPSA) is 23.5 Å². The van der Waals surface area contributed by atoms with E-state index < -0.39 is 0 Å². The number of halogens is 1. The van der Waals surface area contributed by atoms with Crippen molar-refractivity contribution in [2.24, 2.45) is 11.3 Å². The van der Waals surface area contributed by atoms with E-state index in [4.69, 9.17) is 11.6 Å². The van der Waals surface area contributed by atoms with Crippen LogP contribution < -0.4 is 0 Å². The van der Waals surface area contributed by atoms with Gasteiger partial charge < -0.3 is 10.0 Å². The Morgan fingerprint density at radius 1 is 1.31 bits per heavy atom. The molecule has 2 atom stereocenters. The zero-order valence-corrected chi connectivity index (χ0v) is 11.6. The summed E-state index contributed by atoms with van der Waals surface area (Å²) in [6, 6.07) is 0. The maximum Gasteiger partial charge on any atom is 0.0802 e. The molecule has 1 aliphatic heterocycles. The third kappa shape index (κ3) is 4.60. The van der Waals surface area contributed by atoms with Crippen LogP contribution in [0.15, 0.2) is 0 Å². The Hall–Kier alpha value is 0.210. The standard InChI is InChI=1S/C13H26ClNO/c1-13(2,3)11-5-4-7-15(8-6-11)10-12(16)9-14/h11-12,16H,4-10H2,1-3H3. The summed E-state index contributed by atoms with van der Waals surface area (Å²) in [5.41, 5.74) is 0.418. The van der Waals surface area contributed by atoms with Gasteiger partial charge in [0.15, 0.2) is 0 Å². The molecule has 96 valence electrons. The molecule has 2 unspecified atom stereocenters. The van der Waals surface area contributed by atoms with Gasteiger partial charge in [-0.3, -0.25) is 0 Å². The largest absolute Gasteiger partial charge is 0.391 e. The molecule has 1 heterocycles. The molecule has 1 rings (SSSR count). The van der Waals surface area contributed by atoms with Crippen molar-refractivity contribution < 1.29 is 5.11 Å². The van der Waals surface area contributed by atoms with E-state index in [-0.39, 0.29) is 6.10 Å². The first-order valence-corrected chi connectivity index (χ1v) is 6.93. The quantitative estimate of drug-likeness (QED) is 0.776. The lowest BCUT2D eigenvalue weighted by Crippen LogP contribution is -2.34. The van der Waals surface area contributed by atoms with E-state index in [1.807, 2.05) is 0 Å². The summed E-state index contributed by atoms with van der Waals surface area (Å²) >= 11 is 5.64. The van der Waals surface area contributed by atoms with Crippen LogP contribution in [0.1, 0.15) is 40.0 Å². The van der Waals surface area contributed by atoms with E-state index in [0.717, 1.165) is 25.6 Å². The fraction of sp³-hybridized carbons (Fsp3) is 1.00. The number of β-amino-alcohol motifs (C(OH)–C–C–N with tert-alkyl or cyclic N) is 1. The summed E-state index contributed by atoms with van der Waals surface area (Å²) in [5, 5.41) is 9.55. The Balaban J connectivity index is 2.40. The van der Waals surface area contributed by atoms with Crippen LogP contribution in [-0.4, -0.2) is 41.6 Å². The van der Waals surface area contributed by atoms with Crippen LogP contribution in [0.4, 0.5) is 0 Å². The Morgan fingerprint density at radius 3 is 2.56 bits per heavy atom. The molecule has 1 aliphatic rings. The van der Waals surface area contributed by atoms with Crippen LogP contribution in [-0.2, 0) is 0 Å².